The van der Waals surface area contributed by atoms with Gasteiger partial charge in [-0.05, 0) is 30.7 Å². The molecule has 1 aliphatic rings. The fraction of sp³-hybridized carbons (Fsp3) is 0.294. The molecule has 1 saturated heterocycles. The van der Waals surface area contributed by atoms with E-state index in [4.69, 9.17) is 17.3 Å². The van der Waals surface area contributed by atoms with Gasteiger partial charge in [-0.25, -0.2) is 0 Å². The van der Waals surface area contributed by atoms with Crippen LogP contribution in [0.1, 0.15) is 12.5 Å². The number of carbonyl (C=O) groups is 3. The molecule has 0 unspecified atom stereocenters. The summed E-state index contributed by atoms with van der Waals surface area (Å²) in [4.78, 5) is 38.8. The minimum atomic E-state index is -1.15. The first-order valence-corrected chi connectivity index (χ1v) is 8.96. The number of hydrogen-bond acceptors (Lipinski definition) is 6. The number of nitrogens with zero attached hydrogens (tertiary/aromatic N) is 2. The second kappa shape index (κ2) is 8.33. The van der Waals surface area contributed by atoms with Crippen LogP contribution in [0.5, 0.6) is 0 Å². The van der Waals surface area contributed by atoms with Crippen LogP contribution in [-0.4, -0.2) is 58.8 Å². The molecule has 0 radical (unpaired) electrons. The summed E-state index contributed by atoms with van der Waals surface area (Å²) in [5.41, 5.74) is 1.89. The summed E-state index contributed by atoms with van der Waals surface area (Å²) in [5, 5.41) is 11.1. The molecule has 1 heterocycles. The van der Waals surface area contributed by atoms with Gasteiger partial charge < -0.3 is 15.3 Å². The predicted octanol–water partition coefficient (Wildman–Crippen LogP) is 1.54. The molecule has 1 aromatic rings. The van der Waals surface area contributed by atoms with Crippen LogP contribution in [0.15, 0.2) is 29.2 Å². The molecule has 0 aromatic heterocycles. The molecule has 1 fully saturated rings. The molecule has 2 N–H and O–H groups in total. The zero-order chi connectivity index (χ0) is 19.4. The van der Waals surface area contributed by atoms with Crippen molar-refractivity contribution < 1.29 is 19.5 Å². The molecule has 1 aliphatic heterocycles. The van der Waals surface area contributed by atoms with Crippen LogP contribution < -0.4 is 10.2 Å². The lowest BCUT2D eigenvalue weighted by molar-refractivity contribution is -0.141. The zero-order valence-corrected chi connectivity index (χ0v) is 16.2. The third-order valence-corrected chi connectivity index (χ3v) is 5.01. The molecule has 9 heteroatoms. The quantitative estimate of drug-likeness (QED) is 0.560. The number of anilines is 1. The maximum atomic E-state index is 12.5. The third kappa shape index (κ3) is 4.83. The summed E-state index contributed by atoms with van der Waals surface area (Å²) in [7, 11) is 3.88. The van der Waals surface area contributed by atoms with Crippen molar-refractivity contribution in [2.45, 2.75) is 13.0 Å². The van der Waals surface area contributed by atoms with E-state index in [-0.39, 0.29) is 16.8 Å². The maximum Gasteiger partial charge on any atom is 0.325 e. The van der Waals surface area contributed by atoms with E-state index in [0.29, 0.717) is 4.91 Å². The molecule has 1 aromatic carbocycles. The summed E-state index contributed by atoms with van der Waals surface area (Å²) >= 11 is 6.29. The van der Waals surface area contributed by atoms with Crippen molar-refractivity contribution in [2.24, 2.45) is 0 Å². The number of nitrogens with one attached hydrogen (secondary N) is 1. The van der Waals surface area contributed by atoms with E-state index in [9.17, 15) is 14.4 Å². The number of rotatable bonds is 6. The highest BCUT2D eigenvalue weighted by atomic mass is 32.2. The lowest BCUT2D eigenvalue weighted by Crippen LogP contribution is -2.45. The van der Waals surface area contributed by atoms with Crippen LogP contribution in [0, 0.1) is 0 Å². The van der Waals surface area contributed by atoms with Gasteiger partial charge in [0.15, 0.2) is 0 Å². The van der Waals surface area contributed by atoms with Crippen molar-refractivity contribution in [3.63, 3.8) is 0 Å². The van der Waals surface area contributed by atoms with Gasteiger partial charge in [-0.1, -0.05) is 36.1 Å². The van der Waals surface area contributed by atoms with E-state index in [1.807, 2.05) is 43.3 Å². The van der Waals surface area contributed by atoms with Crippen molar-refractivity contribution in [2.75, 3.05) is 25.5 Å². The lowest BCUT2D eigenvalue weighted by Gasteiger charge is -2.15. The number of thioether (sulfide) groups is 1. The van der Waals surface area contributed by atoms with E-state index in [1.165, 1.54) is 11.8 Å². The number of thiocarbonyl (C=S) groups is 1. The topological polar surface area (TPSA) is 90.0 Å². The zero-order valence-electron chi connectivity index (χ0n) is 14.6. The van der Waals surface area contributed by atoms with Gasteiger partial charge in [0.25, 0.3) is 5.91 Å². The Morgan fingerprint density at radius 2 is 1.96 bits per heavy atom. The highest BCUT2D eigenvalue weighted by molar-refractivity contribution is 8.26. The molecule has 2 rings (SSSR count). The monoisotopic (exact) mass is 393 g/mol. The van der Waals surface area contributed by atoms with E-state index in [0.717, 1.165) is 23.0 Å². The Balaban J connectivity index is 2.08. The van der Waals surface area contributed by atoms with Crippen LogP contribution in [0.25, 0.3) is 6.08 Å². The first-order chi connectivity index (χ1) is 12.2. The summed E-state index contributed by atoms with van der Waals surface area (Å²) in [6.07, 6.45) is 1.72. The number of carbonyl (C=O) groups excluding carboxylic acids is 2. The van der Waals surface area contributed by atoms with Crippen LogP contribution in [-0.2, 0) is 14.4 Å². The molecule has 2 amide bonds. The van der Waals surface area contributed by atoms with Gasteiger partial charge in [0.05, 0.1) is 4.91 Å². The Labute approximate surface area is 161 Å². The van der Waals surface area contributed by atoms with Crippen LogP contribution in [0.2, 0.25) is 0 Å². The Morgan fingerprint density at radius 3 is 2.50 bits per heavy atom. The van der Waals surface area contributed by atoms with Gasteiger partial charge in [-0.3, -0.25) is 19.3 Å². The second-order valence-corrected chi connectivity index (χ2v) is 7.56. The Bertz CT molecular complexity index is 775. The maximum absolute atomic E-state index is 12.5. The largest absolute Gasteiger partial charge is 0.480 e. The summed E-state index contributed by atoms with van der Waals surface area (Å²) in [6, 6.07) is 6.62. The van der Waals surface area contributed by atoms with Crippen molar-refractivity contribution in [1.29, 1.82) is 0 Å². The molecule has 0 bridgehead atoms. The van der Waals surface area contributed by atoms with Gasteiger partial charge in [0.2, 0.25) is 5.91 Å². The minimum absolute atomic E-state index is 0.268. The average molecular weight is 393 g/mol. The van der Waals surface area contributed by atoms with Gasteiger partial charge in [0, 0.05) is 19.8 Å². The number of carboxylic acids is 1. The minimum Gasteiger partial charge on any atom is -0.480 e. The third-order valence-electron chi connectivity index (χ3n) is 3.63. The molecular weight excluding hydrogens is 374 g/mol. The van der Waals surface area contributed by atoms with Crippen molar-refractivity contribution in [1.82, 2.24) is 10.2 Å². The molecule has 7 nitrogen and oxygen atoms in total. The van der Waals surface area contributed by atoms with Crippen molar-refractivity contribution in [3.05, 3.63) is 34.7 Å². The van der Waals surface area contributed by atoms with Gasteiger partial charge >= 0.3 is 5.97 Å². The van der Waals surface area contributed by atoms with Crippen molar-refractivity contribution >= 4 is 57.8 Å². The van der Waals surface area contributed by atoms with Gasteiger partial charge in [-0.15, -0.1) is 0 Å². The van der Waals surface area contributed by atoms with Crippen LogP contribution in [0.3, 0.4) is 0 Å². The van der Waals surface area contributed by atoms with E-state index >= 15 is 0 Å². The number of benzene rings is 1. The van der Waals surface area contributed by atoms with Gasteiger partial charge in [0.1, 0.15) is 16.9 Å². The number of hydrogen-bond donors (Lipinski definition) is 2. The fourth-order valence-corrected chi connectivity index (χ4v) is 3.40. The standard InChI is InChI=1S/C17H19N3O4S2/c1-10(16(23)24)18-14(21)9-20-15(22)13(26-17(20)25)8-11-4-6-12(7-5-11)19(2)3/h4-8,10H,9H2,1-3H3,(H,18,21)(H,23,24)/b13-8+/t10-/m1/s1. The summed E-state index contributed by atoms with van der Waals surface area (Å²) in [6.45, 7) is 1.04. The molecule has 1 atom stereocenters. The Hall–Kier alpha value is -2.39. The smallest absolute Gasteiger partial charge is 0.325 e. The fourth-order valence-electron chi connectivity index (χ4n) is 2.15. The molecule has 0 aliphatic carbocycles. The Kier molecular flexibility index (Phi) is 6.38. The number of amides is 2. The SMILES string of the molecule is C[C@@H](NC(=O)CN1C(=O)/C(=C\c2ccc(N(C)C)cc2)SC1=S)C(=O)O. The summed E-state index contributed by atoms with van der Waals surface area (Å²) in [5.74, 6) is -2.09. The molecule has 138 valence electrons. The number of carboxylic acid groups (broad SMARTS) is 1. The molecule has 0 saturated carbocycles. The molecule has 26 heavy (non-hydrogen) atoms. The first-order valence-electron chi connectivity index (χ1n) is 7.74. The second-order valence-electron chi connectivity index (χ2n) is 5.88. The first kappa shape index (κ1) is 19.9. The summed E-state index contributed by atoms with van der Waals surface area (Å²) < 4.78 is 0.268. The Morgan fingerprint density at radius 1 is 1.35 bits per heavy atom. The van der Waals surface area contributed by atoms with Gasteiger partial charge in [-0.2, -0.15) is 0 Å². The predicted molar refractivity (Wildman–Crippen MR) is 106 cm³/mol. The van der Waals surface area contributed by atoms with Crippen LogP contribution in [0.4, 0.5) is 5.69 Å². The normalized spacial score (nSPS) is 16.7. The lowest BCUT2D eigenvalue weighted by atomic mass is 10.2. The van der Waals surface area contributed by atoms with E-state index in [2.05, 4.69) is 5.32 Å². The highest BCUT2D eigenvalue weighted by Crippen LogP contribution is 2.32. The van der Waals surface area contributed by atoms with E-state index < -0.39 is 17.9 Å². The van der Waals surface area contributed by atoms with Crippen molar-refractivity contribution in [3.8, 4) is 0 Å². The van der Waals surface area contributed by atoms with E-state index in [1.54, 1.807) is 6.08 Å². The highest BCUT2D eigenvalue weighted by Gasteiger charge is 2.33. The number of aliphatic carboxylic acids is 1. The molecular formula is C17H19N3O4S2. The average Bonchev–Trinajstić information content (AvgIpc) is 2.82. The molecule has 0 spiro atoms. The van der Waals surface area contributed by atoms with Crippen LogP contribution >= 0.6 is 24.0 Å².